The van der Waals surface area contributed by atoms with Gasteiger partial charge in [0.2, 0.25) is 10.0 Å². The minimum Gasteiger partial charge on any atom is -0.330 e. The number of hydrogen-bond acceptors (Lipinski definition) is 3. The van der Waals surface area contributed by atoms with Gasteiger partial charge in [-0.2, -0.15) is 4.31 Å². The first-order chi connectivity index (χ1) is 12.1. The molecule has 0 aliphatic heterocycles. The van der Waals surface area contributed by atoms with E-state index in [2.05, 4.69) is 0 Å². The van der Waals surface area contributed by atoms with Crippen molar-refractivity contribution in [1.29, 1.82) is 0 Å². The van der Waals surface area contributed by atoms with E-state index >= 15 is 0 Å². The number of benzene rings is 1. The van der Waals surface area contributed by atoms with Crippen molar-refractivity contribution in [2.75, 3.05) is 19.6 Å². The van der Waals surface area contributed by atoms with Crippen LogP contribution in [0.1, 0.15) is 70.8 Å². The Hall–Kier alpha value is -0.620. The Morgan fingerprint density at radius 1 is 0.846 bits per heavy atom. The third kappa shape index (κ3) is 8.85. The van der Waals surface area contributed by atoms with Gasteiger partial charge in [-0.1, -0.05) is 51.7 Å². The van der Waals surface area contributed by atoms with Crippen LogP contribution in [0.3, 0.4) is 0 Å². The van der Waals surface area contributed by atoms with Crippen LogP contribution < -0.4 is 5.73 Å². The van der Waals surface area contributed by atoms with Gasteiger partial charge in [0.15, 0.2) is 0 Å². The monoisotopic (exact) mass is 404 g/mol. The lowest BCUT2D eigenvalue weighted by Crippen LogP contribution is -2.32. The van der Waals surface area contributed by atoms with Crippen LogP contribution in [0.4, 0.5) is 0 Å². The molecule has 0 radical (unpaired) electrons. The smallest absolute Gasteiger partial charge is 0.243 e. The van der Waals surface area contributed by atoms with Crippen molar-refractivity contribution in [3.63, 3.8) is 0 Å². The first-order valence-corrected chi connectivity index (χ1v) is 11.3. The molecule has 1 aromatic rings. The molecule has 152 valence electrons. The molecule has 0 atom stereocenters. The van der Waals surface area contributed by atoms with Gasteiger partial charge < -0.3 is 5.73 Å². The zero-order valence-electron chi connectivity index (χ0n) is 16.5. The maximum absolute atomic E-state index is 12.7. The summed E-state index contributed by atoms with van der Waals surface area (Å²) in [5.41, 5.74) is 6.72. The van der Waals surface area contributed by atoms with Crippen molar-refractivity contribution >= 4 is 22.4 Å². The van der Waals surface area contributed by atoms with Gasteiger partial charge in [-0.15, -0.1) is 12.4 Å². The van der Waals surface area contributed by atoms with Gasteiger partial charge in [-0.3, -0.25) is 0 Å². The molecule has 6 heteroatoms. The van der Waals surface area contributed by atoms with Crippen molar-refractivity contribution in [2.45, 2.75) is 76.5 Å². The van der Waals surface area contributed by atoms with E-state index in [1.165, 1.54) is 31.2 Å². The minimum absolute atomic E-state index is 0. The van der Waals surface area contributed by atoms with Gasteiger partial charge in [0.05, 0.1) is 4.90 Å². The number of rotatable bonds is 14. The maximum atomic E-state index is 12.7. The molecule has 0 saturated carbocycles. The van der Waals surface area contributed by atoms with E-state index in [-0.39, 0.29) is 12.4 Å². The molecule has 0 unspecified atom stereocenters. The molecule has 0 aromatic heterocycles. The number of nitrogens with zero attached hydrogens (tertiary/aromatic N) is 1. The summed E-state index contributed by atoms with van der Waals surface area (Å²) in [4.78, 5) is 0.417. The first-order valence-electron chi connectivity index (χ1n) is 9.85. The molecule has 0 aliphatic carbocycles. The SMILES string of the molecule is CCCN(CCC)S(=O)(=O)c1ccc(CCCCCCCCN)cc1.Cl. The summed E-state index contributed by atoms with van der Waals surface area (Å²) in [6.07, 6.45) is 9.96. The topological polar surface area (TPSA) is 63.4 Å². The molecule has 1 aromatic carbocycles. The zero-order valence-corrected chi connectivity index (χ0v) is 18.1. The van der Waals surface area contributed by atoms with Gasteiger partial charge in [0.25, 0.3) is 0 Å². The highest BCUT2D eigenvalue weighted by Gasteiger charge is 2.22. The van der Waals surface area contributed by atoms with E-state index in [0.29, 0.717) is 18.0 Å². The number of nitrogens with two attached hydrogens (primary N) is 1. The van der Waals surface area contributed by atoms with Gasteiger partial charge >= 0.3 is 0 Å². The summed E-state index contributed by atoms with van der Waals surface area (Å²) in [7, 11) is -3.36. The predicted molar refractivity (Wildman–Crippen MR) is 113 cm³/mol. The van der Waals surface area contributed by atoms with Gasteiger partial charge in [0, 0.05) is 13.1 Å². The third-order valence-corrected chi connectivity index (χ3v) is 6.34. The average Bonchev–Trinajstić information content (AvgIpc) is 2.61. The average molecular weight is 405 g/mol. The van der Waals surface area contributed by atoms with Crippen LogP contribution in [0.5, 0.6) is 0 Å². The van der Waals surface area contributed by atoms with Crippen molar-refractivity contribution in [3.05, 3.63) is 29.8 Å². The zero-order chi connectivity index (χ0) is 18.5. The Bertz CT molecular complexity index is 556. The lowest BCUT2D eigenvalue weighted by Gasteiger charge is -2.21. The second kappa shape index (κ2) is 14.4. The Labute approximate surface area is 167 Å². The van der Waals surface area contributed by atoms with Crippen molar-refractivity contribution in [2.24, 2.45) is 5.73 Å². The molecular formula is C20H37ClN2O2S. The Balaban J connectivity index is 0.00000625. The third-order valence-electron chi connectivity index (χ3n) is 4.43. The van der Waals surface area contributed by atoms with Crippen LogP contribution in [0.15, 0.2) is 29.2 Å². The van der Waals surface area contributed by atoms with E-state index in [0.717, 1.165) is 38.6 Å². The minimum atomic E-state index is -3.36. The molecule has 0 aliphatic rings. The second-order valence-electron chi connectivity index (χ2n) is 6.71. The van der Waals surface area contributed by atoms with Gasteiger partial charge in [0.1, 0.15) is 0 Å². The maximum Gasteiger partial charge on any atom is 0.243 e. The number of hydrogen-bond donors (Lipinski definition) is 1. The molecule has 0 saturated heterocycles. The summed E-state index contributed by atoms with van der Waals surface area (Å²) in [5, 5.41) is 0. The lowest BCUT2D eigenvalue weighted by molar-refractivity contribution is 0.410. The summed E-state index contributed by atoms with van der Waals surface area (Å²) in [6.45, 7) is 5.99. The van der Waals surface area contributed by atoms with E-state index < -0.39 is 10.0 Å². The normalized spacial score (nSPS) is 11.5. The highest BCUT2D eigenvalue weighted by atomic mass is 35.5. The van der Waals surface area contributed by atoms with Crippen LogP contribution in [0.2, 0.25) is 0 Å². The van der Waals surface area contributed by atoms with Gasteiger partial charge in [-0.05, 0) is 56.3 Å². The standard InChI is InChI=1S/C20H36N2O2S.ClH/c1-3-17-22(18-4-2)25(23,24)20-14-12-19(13-15-20)11-9-7-5-6-8-10-16-21;/h12-15H,3-11,16-18,21H2,1-2H3;1H. The van der Waals surface area contributed by atoms with Crippen molar-refractivity contribution < 1.29 is 8.42 Å². The number of sulfonamides is 1. The molecule has 2 N–H and O–H groups in total. The van der Waals surface area contributed by atoms with Crippen LogP contribution in [-0.2, 0) is 16.4 Å². The first kappa shape index (κ1) is 25.4. The quantitative estimate of drug-likeness (QED) is 0.454. The van der Waals surface area contributed by atoms with Crippen LogP contribution in [0.25, 0.3) is 0 Å². The summed E-state index contributed by atoms with van der Waals surface area (Å²) < 4.78 is 27.1. The van der Waals surface area contributed by atoms with Crippen LogP contribution in [0, 0.1) is 0 Å². The molecular weight excluding hydrogens is 368 g/mol. The Kier molecular flexibility index (Phi) is 14.1. The number of aryl methyl sites for hydroxylation is 1. The van der Waals surface area contributed by atoms with Gasteiger partial charge in [-0.25, -0.2) is 8.42 Å². The van der Waals surface area contributed by atoms with Crippen LogP contribution >= 0.6 is 12.4 Å². The van der Waals surface area contributed by atoms with E-state index in [9.17, 15) is 8.42 Å². The van der Waals surface area contributed by atoms with E-state index in [1.807, 2.05) is 26.0 Å². The highest BCUT2D eigenvalue weighted by molar-refractivity contribution is 7.89. The Morgan fingerprint density at radius 2 is 1.35 bits per heavy atom. The molecule has 26 heavy (non-hydrogen) atoms. The molecule has 0 bridgehead atoms. The van der Waals surface area contributed by atoms with Crippen molar-refractivity contribution in [1.82, 2.24) is 4.31 Å². The summed E-state index contributed by atoms with van der Waals surface area (Å²) >= 11 is 0. The molecule has 4 nitrogen and oxygen atoms in total. The lowest BCUT2D eigenvalue weighted by atomic mass is 10.1. The predicted octanol–water partition coefficient (Wildman–Crippen LogP) is 4.76. The fourth-order valence-electron chi connectivity index (χ4n) is 3.01. The number of halogens is 1. The fraction of sp³-hybridized carbons (Fsp3) is 0.700. The summed E-state index contributed by atoms with van der Waals surface area (Å²) in [5.74, 6) is 0. The van der Waals surface area contributed by atoms with E-state index in [4.69, 9.17) is 5.73 Å². The molecule has 1 rings (SSSR count). The molecule has 0 fully saturated rings. The fourth-order valence-corrected chi connectivity index (χ4v) is 4.63. The van der Waals surface area contributed by atoms with Crippen molar-refractivity contribution in [3.8, 4) is 0 Å². The summed E-state index contributed by atoms with van der Waals surface area (Å²) in [6, 6.07) is 7.48. The molecule has 0 amide bonds. The van der Waals surface area contributed by atoms with Crippen LogP contribution in [-0.4, -0.2) is 32.4 Å². The molecule has 0 heterocycles. The molecule has 0 spiro atoms. The van der Waals surface area contributed by atoms with E-state index in [1.54, 1.807) is 16.4 Å². The highest BCUT2D eigenvalue weighted by Crippen LogP contribution is 2.18. The second-order valence-corrected chi connectivity index (χ2v) is 8.65. The Morgan fingerprint density at radius 3 is 1.85 bits per heavy atom. The number of unbranched alkanes of at least 4 members (excludes halogenated alkanes) is 5. The largest absolute Gasteiger partial charge is 0.330 e.